The van der Waals surface area contributed by atoms with Crippen LogP contribution in [0.25, 0.3) is 11.1 Å². The molecule has 0 aliphatic rings. The quantitative estimate of drug-likeness (QED) is 0.886. The minimum atomic E-state index is -0.148. The molecule has 0 heterocycles. The average Bonchev–Trinajstić information content (AvgIpc) is 2.52. The molecule has 1 unspecified atom stereocenters. The number of hydrogen-bond acceptors (Lipinski definition) is 2. The summed E-state index contributed by atoms with van der Waals surface area (Å²) in [5.74, 6) is -0.150. The second-order valence-electron chi connectivity index (χ2n) is 5.42. The smallest absolute Gasteiger partial charge is 0.224 e. The monoisotopic (exact) mass is 282 g/mol. The van der Waals surface area contributed by atoms with Crippen LogP contribution in [0.1, 0.15) is 18.1 Å². The van der Waals surface area contributed by atoms with E-state index in [9.17, 15) is 4.79 Å². The lowest BCUT2D eigenvalue weighted by molar-refractivity contribution is -0.124. The summed E-state index contributed by atoms with van der Waals surface area (Å²) < 4.78 is 0. The Balaban J connectivity index is 2.10. The van der Waals surface area contributed by atoms with Crippen LogP contribution >= 0.6 is 0 Å². The standard InChI is InChI=1S/C18H22N2O/c1-13-5-3-7-16(9-13)17-8-4-6-15(10-17)12-20-18(21)14(2)11-19/h3-10,14H,11-12,19H2,1-2H3,(H,20,21). The highest BCUT2D eigenvalue weighted by Gasteiger charge is 2.10. The van der Waals surface area contributed by atoms with Crippen LogP contribution in [-0.2, 0) is 11.3 Å². The van der Waals surface area contributed by atoms with Crippen LogP contribution in [0, 0.1) is 12.8 Å². The third-order valence-corrected chi connectivity index (χ3v) is 3.55. The first-order chi connectivity index (χ1) is 10.1. The lowest BCUT2D eigenvalue weighted by Crippen LogP contribution is -2.32. The fourth-order valence-electron chi connectivity index (χ4n) is 2.16. The SMILES string of the molecule is Cc1cccc(-c2cccc(CNC(=O)C(C)CN)c2)c1. The Labute approximate surface area is 126 Å². The maximum atomic E-state index is 11.8. The van der Waals surface area contributed by atoms with Gasteiger partial charge in [-0.2, -0.15) is 0 Å². The highest BCUT2D eigenvalue weighted by atomic mass is 16.1. The molecule has 2 rings (SSSR count). The normalized spacial score (nSPS) is 12.0. The van der Waals surface area contributed by atoms with Crippen molar-refractivity contribution >= 4 is 5.91 Å². The second kappa shape index (κ2) is 7.04. The number of carbonyl (C=O) groups is 1. The summed E-state index contributed by atoms with van der Waals surface area (Å²) in [6.07, 6.45) is 0. The van der Waals surface area contributed by atoms with Gasteiger partial charge in [-0.25, -0.2) is 0 Å². The molecular formula is C18H22N2O. The average molecular weight is 282 g/mol. The van der Waals surface area contributed by atoms with E-state index in [1.165, 1.54) is 11.1 Å². The first-order valence-corrected chi connectivity index (χ1v) is 7.24. The van der Waals surface area contributed by atoms with E-state index in [-0.39, 0.29) is 11.8 Å². The molecule has 0 aliphatic carbocycles. The highest BCUT2D eigenvalue weighted by molar-refractivity contribution is 5.78. The first kappa shape index (κ1) is 15.3. The van der Waals surface area contributed by atoms with Crippen LogP contribution in [0.2, 0.25) is 0 Å². The van der Waals surface area contributed by atoms with Gasteiger partial charge < -0.3 is 11.1 Å². The molecule has 2 aromatic rings. The van der Waals surface area contributed by atoms with Crippen LogP contribution in [0.5, 0.6) is 0 Å². The molecule has 3 heteroatoms. The van der Waals surface area contributed by atoms with Crippen molar-refractivity contribution in [3.8, 4) is 11.1 Å². The lowest BCUT2D eigenvalue weighted by atomic mass is 10.0. The third kappa shape index (κ3) is 4.17. The summed E-state index contributed by atoms with van der Waals surface area (Å²) in [7, 11) is 0. The summed E-state index contributed by atoms with van der Waals surface area (Å²) >= 11 is 0. The summed E-state index contributed by atoms with van der Waals surface area (Å²) in [6, 6.07) is 16.6. The molecule has 3 N–H and O–H groups in total. The summed E-state index contributed by atoms with van der Waals surface area (Å²) in [5.41, 5.74) is 10.2. The van der Waals surface area contributed by atoms with E-state index in [2.05, 4.69) is 48.6 Å². The molecule has 0 bridgehead atoms. The van der Waals surface area contributed by atoms with Crippen molar-refractivity contribution in [1.82, 2.24) is 5.32 Å². The largest absolute Gasteiger partial charge is 0.352 e. The van der Waals surface area contributed by atoms with Crippen molar-refractivity contribution in [2.75, 3.05) is 6.54 Å². The van der Waals surface area contributed by atoms with Gasteiger partial charge in [-0.15, -0.1) is 0 Å². The van der Waals surface area contributed by atoms with Gasteiger partial charge >= 0.3 is 0 Å². The topological polar surface area (TPSA) is 55.1 Å². The van der Waals surface area contributed by atoms with Gasteiger partial charge in [0.1, 0.15) is 0 Å². The van der Waals surface area contributed by atoms with Crippen LogP contribution in [0.15, 0.2) is 48.5 Å². The maximum absolute atomic E-state index is 11.8. The van der Waals surface area contributed by atoms with E-state index in [1.807, 2.05) is 19.1 Å². The maximum Gasteiger partial charge on any atom is 0.224 e. The number of nitrogens with one attached hydrogen (secondary N) is 1. The molecular weight excluding hydrogens is 260 g/mol. The molecule has 0 radical (unpaired) electrons. The molecule has 0 saturated heterocycles. The minimum absolute atomic E-state index is 0.00143. The van der Waals surface area contributed by atoms with E-state index in [0.29, 0.717) is 13.1 Å². The van der Waals surface area contributed by atoms with Gasteiger partial charge in [0, 0.05) is 19.0 Å². The number of amides is 1. The fourth-order valence-corrected chi connectivity index (χ4v) is 2.16. The van der Waals surface area contributed by atoms with E-state index in [1.54, 1.807) is 0 Å². The van der Waals surface area contributed by atoms with Crippen molar-refractivity contribution in [3.05, 3.63) is 59.7 Å². The Morgan fingerprint density at radius 3 is 2.48 bits per heavy atom. The Kier molecular flexibility index (Phi) is 5.12. The molecule has 1 amide bonds. The van der Waals surface area contributed by atoms with Gasteiger partial charge in [0.25, 0.3) is 0 Å². The van der Waals surface area contributed by atoms with Crippen LogP contribution in [0.3, 0.4) is 0 Å². The lowest BCUT2D eigenvalue weighted by Gasteiger charge is -2.11. The number of carbonyl (C=O) groups excluding carboxylic acids is 1. The molecule has 1 atom stereocenters. The van der Waals surface area contributed by atoms with Gasteiger partial charge in [0.05, 0.1) is 0 Å². The number of nitrogens with two attached hydrogens (primary N) is 1. The molecule has 0 spiro atoms. The summed E-state index contributed by atoms with van der Waals surface area (Å²) in [6.45, 7) is 4.82. The Hall–Kier alpha value is -2.13. The van der Waals surface area contributed by atoms with Crippen molar-refractivity contribution in [2.24, 2.45) is 11.7 Å². The molecule has 3 nitrogen and oxygen atoms in total. The molecule has 21 heavy (non-hydrogen) atoms. The number of benzene rings is 2. The molecule has 110 valence electrons. The van der Waals surface area contributed by atoms with Crippen molar-refractivity contribution in [2.45, 2.75) is 20.4 Å². The van der Waals surface area contributed by atoms with Gasteiger partial charge in [-0.3, -0.25) is 4.79 Å². The van der Waals surface area contributed by atoms with Crippen molar-refractivity contribution in [3.63, 3.8) is 0 Å². The fraction of sp³-hybridized carbons (Fsp3) is 0.278. The number of aryl methyl sites for hydroxylation is 1. The predicted molar refractivity (Wildman–Crippen MR) is 86.7 cm³/mol. The Morgan fingerprint density at radius 2 is 1.81 bits per heavy atom. The zero-order valence-electron chi connectivity index (χ0n) is 12.6. The molecule has 0 aromatic heterocycles. The Bertz CT molecular complexity index is 622. The Morgan fingerprint density at radius 1 is 1.14 bits per heavy atom. The third-order valence-electron chi connectivity index (χ3n) is 3.55. The van der Waals surface area contributed by atoms with Gasteiger partial charge in [-0.1, -0.05) is 55.0 Å². The number of hydrogen-bond donors (Lipinski definition) is 2. The zero-order valence-corrected chi connectivity index (χ0v) is 12.6. The summed E-state index contributed by atoms with van der Waals surface area (Å²) in [5, 5.41) is 2.92. The van der Waals surface area contributed by atoms with Crippen LogP contribution in [-0.4, -0.2) is 12.5 Å². The molecule has 0 fully saturated rings. The van der Waals surface area contributed by atoms with Crippen molar-refractivity contribution in [1.29, 1.82) is 0 Å². The number of rotatable bonds is 5. The second-order valence-corrected chi connectivity index (χ2v) is 5.42. The van der Waals surface area contributed by atoms with Crippen molar-refractivity contribution < 1.29 is 4.79 Å². The van der Waals surface area contributed by atoms with Gasteiger partial charge in [0.15, 0.2) is 0 Å². The van der Waals surface area contributed by atoms with Crippen LogP contribution in [0.4, 0.5) is 0 Å². The first-order valence-electron chi connectivity index (χ1n) is 7.24. The molecule has 2 aromatic carbocycles. The predicted octanol–water partition coefficient (Wildman–Crippen LogP) is 2.87. The van der Waals surface area contributed by atoms with E-state index >= 15 is 0 Å². The van der Waals surface area contributed by atoms with E-state index in [4.69, 9.17) is 5.73 Å². The van der Waals surface area contributed by atoms with E-state index < -0.39 is 0 Å². The van der Waals surface area contributed by atoms with Gasteiger partial charge in [-0.05, 0) is 29.7 Å². The van der Waals surface area contributed by atoms with E-state index in [0.717, 1.165) is 11.1 Å². The minimum Gasteiger partial charge on any atom is -0.352 e. The summed E-state index contributed by atoms with van der Waals surface area (Å²) in [4.78, 5) is 11.8. The van der Waals surface area contributed by atoms with Crippen LogP contribution < -0.4 is 11.1 Å². The molecule has 0 aliphatic heterocycles. The zero-order chi connectivity index (χ0) is 15.2. The molecule has 0 saturated carbocycles. The van der Waals surface area contributed by atoms with Gasteiger partial charge in [0.2, 0.25) is 5.91 Å². The highest BCUT2D eigenvalue weighted by Crippen LogP contribution is 2.21.